The Labute approximate surface area is 192 Å². The van der Waals surface area contributed by atoms with E-state index in [2.05, 4.69) is 5.32 Å². The van der Waals surface area contributed by atoms with Gasteiger partial charge in [-0.3, -0.25) is 9.59 Å². The molecule has 1 aliphatic heterocycles. The molecule has 1 saturated heterocycles. The zero-order valence-electron chi connectivity index (χ0n) is 18.5. The SMILES string of the molecule is COc1cc(C(=O)Nc2cccc(S(=O)(=O)N3CCCCC3)c2)cc(OC)c1OCC(N)=O. The Morgan fingerprint density at radius 2 is 1.67 bits per heavy atom. The van der Waals surface area contributed by atoms with Crippen molar-refractivity contribution in [3.05, 3.63) is 42.0 Å². The van der Waals surface area contributed by atoms with E-state index >= 15 is 0 Å². The summed E-state index contributed by atoms with van der Waals surface area (Å²) < 4.78 is 43.2. The fourth-order valence-electron chi connectivity index (χ4n) is 3.49. The first-order valence-corrected chi connectivity index (χ1v) is 11.8. The second-order valence-electron chi connectivity index (χ2n) is 7.41. The van der Waals surface area contributed by atoms with Gasteiger partial charge in [0.25, 0.3) is 11.8 Å². The molecule has 3 rings (SSSR count). The second-order valence-corrected chi connectivity index (χ2v) is 9.35. The van der Waals surface area contributed by atoms with Gasteiger partial charge in [-0.1, -0.05) is 12.5 Å². The number of methoxy groups -OCH3 is 2. The van der Waals surface area contributed by atoms with Crippen LogP contribution in [-0.2, 0) is 14.8 Å². The topological polar surface area (TPSA) is 137 Å². The third-order valence-corrected chi connectivity index (χ3v) is 7.02. The van der Waals surface area contributed by atoms with Crippen molar-refractivity contribution >= 4 is 27.5 Å². The Balaban J connectivity index is 1.84. The van der Waals surface area contributed by atoms with E-state index in [9.17, 15) is 18.0 Å². The fraction of sp³-hybridized carbons (Fsp3) is 0.364. The number of piperidine rings is 1. The van der Waals surface area contributed by atoms with Gasteiger partial charge in [-0.25, -0.2) is 8.42 Å². The molecule has 0 bridgehead atoms. The van der Waals surface area contributed by atoms with Crippen LogP contribution in [0.2, 0.25) is 0 Å². The smallest absolute Gasteiger partial charge is 0.255 e. The molecule has 2 aromatic rings. The minimum atomic E-state index is -3.64. The van der Waals surface area contributed by atoms with Gasteiger partial charge in [-0.05, 0) is 43.2 Å². The molecule has 1 heterocycles. The lowest BCUT2D eigenvalue weighted by Gasteiger charge is -2.26. The van der Waals surface area contributed by atoms with E-state index in [1.807, 2.05) is 0 Å². The normalized spacial score (nSPS) is 14.4. The molecule has 0 unspecified atom stereocenters. The number of primary amides is 1. The van der Waals surface area contributed by atoms with E-state index in [-0.39, 0.29) is 27.7 Å². The van der Waals surface area contributed by atoms with Crippen LogP contribution < -0.4 is 25.3 Å². The number of nitrogens with zero attached hydrogens (tertiary/aromatic N) is 1. The maximum absolute atomic E-state index is 12.9. The lowest BCUT2D eigenvalue weighted by Crippen LogP contribution is -2.35. The molecule has 11 heteroatoms. The van der Waals surface area contributed by atoms with Gasteiger partial charge in [0.05, 0.1) is 19.1 Å². The van der Waals surface area contributed by atoms with Gasteiger partial charge in [0.1, 0.15) is 0 Å². The number of anilines is 1. The average Bonchev–Trinajstić information content (AvgIpc) is 2.82. The highest BCUT2D eigenvalue weighted by molar-refractivity contribution is 7.89. The van der Waals surface area contributed by atoms with E-state index in [0.717, 1.165) is 19.3 Å². The van der Waals surface area contributed by atoms with E-state index in [1.54, 1.807) is 12.1 Å². The zero-order chi connectivity index (χ0) is 24.0. The van der Waals surface area contributed by atoms with Gasteiger partial charge in [0.15, 0.2) is 18.1 Å². The van der Waals surface area contributed by atoms with Crippen LogP contribution in [0.3, 0.4) is 0 Å². The molecule has 1 fully saturated rings. The van der Waals surface area contributed by atoms with Crippen molar-refractivity contribution in [2.75, 3.05) is 39.2 Å². The number of nitrogens with one attached hydrogen (secondary N) is 1. The molecule has 1 aliphatic rings. The Hall–Kier alpha value is -3.31. The number of hydrogen-bond donors (Lipinski definition) is 2. The summed E-state index contributed by atoms with van der Waals surface area (Å²) in [6, 6.07) is 8.96. The average molecular weight is 478 g/mol. The highest BCUT2D eigenvalue weighted by atomic mass is 32.2. The number of ether oxygens (including phenoxy) is 3. The molecule has 178 valence electrons. The molecular formula is C22H27N3O7S. The van der Waals surface area contributed by atoms with E-state index in [0.29, 0.717) is 18.8 Å². The Kier molecular flexibility index (Phi) is 7.77. The standard InChI is InChI=1S/C22H27N3O7S/c1-30-18-11-15(12-19(31-2)21(18)32-14-20(23)26)22(27)24-16-7-6-8-17(13-16)33(28,29)25-9-4-3-5-10-25/h6-8,11-13H,3-5,9-10,14H2,1-2H3,(H2,23,26)(H,24,27). The molecule has 0 atom stereocenters. The Morgan fingerprint density at radius 1 is 1.03 bits per heavy atom. The van der Waals surface area contributed by atoms with Gasteiger partial charge in [0.2, 0.25) is 15.8 Å². The number of carbonyl (C=O) groups is 2. The van der Waals surface area contributed by atoms with E-state index < -0.39 is 28.4 Å². The number of amides is 2. The van der Waals surface area contributed by atoms with Crippen LogP contribution in [0.1, 0.15) is 29.6 Å². The molecule has 0 spiro atoms. The quantitative estimate of drug-likeness (QED) is 0.563. The minimum absolute atomic E-state index is 0.118. The van der Waals surface area contributed by atoms with Gasteiger partial charge in [0, 0.05) is 24.3 Å². The highest BCUT2D eigenvalue weighted by Crippen LogP contribution is 2.38. The zero-order valence-corrected chi connectivity index (χ0v) is 19.3. The van der Waals surface area contributed by atoms with E-state index in [4.69, 9.17) is 19.9 Å². The number of benzene rings is 2. The molecule has 3 N–H and O–H groups in total. The lowest BCUT2D eigenvalue weighted by molar-refractivity contribution is -0.120. The summed E-state index contributed by atoms with van der Waals surface area (Å²) in [5.74, 6) is -0.727. The van der Waals surface area contributed by atoms with Gasteiger partial charge in [-0.2, -0.15) is 4.31 Å². The molecule has 0 saturated carbocycles. The van der Waals surface area contributed by atoms with Crippen molar-refractivity contribution in [2.24, 2.45) is 5.73 Å². The number of hydrogen-bond acceptors (Lipinski definition) is 7. The van der Waals surface area contributed by atoms with Crippen molar-refractivity contribution in [3.8, 4) is 17.2 Å². The summed E-state index contributed by atoms with van der Waals surface area (Å²) in [6.45, 7) is 0.585. The van der Waals surface area contributed by atoms with Gasteiger partial charge in [-0.15, -0.1) is 0 Å². The van der Waals surface area contributed by atoms with Crippen molar-refractivity contribution < 1.29 is 32.2 Å². The molecule has 2 amide bonds. The first-order valence-electron chi connectivity index (χ1n) is 10.3. The third kappa shape index (κ3) is 5.74. The monoisotopic (exact) mass is 477 g/mol. The van der Waals surface area contributed by atoms with Crippen LogP contribution in [0.25, 0.3) is 0 Å². The first kappa shape index (κ1) is 24.3. The number of carbonyl (C=O) groups excluding carboxylic acids is 2. The number of nitrogens with two attached hydrogens (primary N) is 1. The predicted molar refractivity (Wildman–Crippen MR) is 121 cm³/mol. The largest absolute Gasteiger partial charge is 0.493 e. The maximum Gasteiger partial charge on any atom is 0.255 e. The molecule has 10 nitrogen and oxygen atoms in total. The summed E-state index contributed by atoms with van der Waals surface area (Å²) >= 11 is 0. The molecule has 0 aromatic heterocycles. The first-order chi connectivity index (χ1) is 15.8. The minimum Gasteiger partial charge on any atom is -0.493 e. The fourth-order valence-corrected chi connectivity index (χ4v) is 5.05. The summed E-state index contributed by atoms with van der Waals surface area (Å²) in [5.41, 5.74) is 5.63. The van der Waals surface area contributed by atoms with Crippen molar-refractivity contribution in [1.29, 1.82) is 0 Å². The third-order valence-electron chi connectivity index (χ3n) is 5.13. The Bertz CT molecular complexity index is 1100. The van der Waals surface area contributed by atoms with Gasteiger partial charge >= 0.3 is 0 Å². The van der Waals surface area contributed by atoms with Crippen molar-refractivity contribution in [3.63, 3.8) is 0 Å². The van der Waals surface area contributed by atoms with Crippen LogP contribution >= 0.6 is 0 Å². The summed E-state index contributed by atoms with van der Waals surface area (Å²) in [5, 5.41) is 2.70. The van der Waals surface area contributed by atoms with Crippen molar-refractivity contribution in [1.82, 2.24) is 4.31 Å². The summed E-state index contributed by atoms with van der Waals surface area (Å²) in [7, 11) is -0.883. The molecule has 2 aromatic carbocycles. The number of rotatable bonds is 9. The Morgan fingerprint density at radius 3 is 2.24 bits per heavy atom. The molecule has 0 radical (unpaired) electrons. The lowest BCUT2D eigenvalue weighted by atomic mass is 10.1. The maximum atomic E-state index is 12.9. The van der Waals surface area contributed by atoms with Crippen LogP contribution in [0.15, 0.2) is 41.3 Å². The van der Waals surface area contributed by atoms with Crippen molar-refractivity contribution in [2.45, 2.75) is 24.2 Å². The summed E-state index contributed by atoms with van der Waals surface area (Å²) in [4.78, 5) is 24.1. The van der Waals surface area contributed by atoms with Crippen LogP contribution in [0, 0.1) is 0 Å². The van der Waals surface area contributed by atoms with Crippen LogP contribution in [-0.4, -0.2) is 58.5 Å². The number of sulfonamides is 1. The molecular weight excluding hydrogens is 450 g/mol. The van der Waals surface area contributed by atoms with Gasteiger partial charge < -0.3 is 25.3 Å². The predicted octanol–water partition coefficient (Wildman–Crippen LogP) is 1.99. The van der Waals surface area contributed by atoms with E-state index in [1.165, 1.54) is 42.8 Å². The van der Waals surface area contributed by atoms with Crippen LogP contribution in [0.5, 0.6) is 17.2 Å². The van der Waals surface area contributed by atoms with Crippen LogP contribution in [0.4, 0.5) is 5.69 Å². The molecule has 0 aliphatic carbocycles. The summed E-state index contributed by atoms with van der Waals surface area (Å²) in [6.07, 6.45) is 2.68. The second kappa shape index (κ2) is 10.5. The molecule has 33 heavy (non-hydrogen) atoms. The highest BCUT2D eigenvalue weighted by Gasteiger charge is 2.26.